The van der Waals surface area contributed by atoms with Crippen LogP contribution in [0.3, 0.4) is 0 Å². The molecule has 0 spiro atoms. The van der Waals surface area contributed by atoms with Gasteiger partial charge in [-0.1, -0.05) is 0 Å². The van der Waals surface area contributed by atoms with E-state index in [4.69, 9.17) is 0 Å². The van der Waals surface area contributed by atoms with Crippen LogP contribution in [0.2, 0.25) is 0 Å². The molecule has 0 fully saturated rings. The predicted molar refractivity (Wildman–Crippen MR) is 103 cm³/mol. The zero-order valence-electron chi connectivity index (χ0n) is 13.3. The number of rotatable bonds is 2. The first-order chi connectivity index (χ1) is 12.0. The Morgan fingerprint density at radius 1 is 1.24 bits per heavy atom. The lowest BCUT2D eigenvalue weighted by molar-refractivity contribution is 0.619. The van der Waals surface area contributed by atoms with E-state index in [1.165, 1.54) is 28.3 Å². The van der Waals surface area contributed by atoms with Gasteiger partial charge in [0.25, 0.3) is 5.56 Å². The first kappa shape index (κ1) is 16.2. The summed E-state index contributed by atoms with van der Waals surface area (Å²) in [4.78, 5) is 24.5. The second kappa shape index (κ2) is 5.89. The fourth-order valence-corrected chi connectivity index (χ4v) is 4.02. The van der Waals surface area contributed by atoms with Gasteiger partial charge < -0.3 is 4.90 Å². The minimum atomic E-state index is -0.433. The summed E-state index contributed by atoms with van der Waals surface area (Å²) in [5, 5.41) is 0.860. The Bertz CT molecular complexity index is 1180. The number of thiophene rings is 1. The zero-order valence-corrected chi connectivity index (χ0v) is 15.7. The molecule has 5 nitrogen and oxygen atoms in total. The Labute approximate surface area is 154 Å². The summed E-state index contributed by atoms with van der Waals surface area (Å²) >= 11 is 4.42. The summed E-state index contributed by atoms with van der Waals surface area (Å²) in [6, 6.07) is 6.43. The number of fused-ring (bicyclic) bond motifs is 3. The van der Waals surface area contributed by atoms with E-state index in [2.05, 4.69) is 25.9 Å². The van der Waals surface area contributed by atoms with Gasteiger partial charge in [0, 0.05) is 20.3 Å². The van der Waals surface area contributed by atoms with Gasteiger partial charge in [0.05, 0.1) is 26.8 Å². The maximum atomic E-state index is 13.8. The van der Waals surface area contributed by atoms with Gasteiger partial charge in [-0.3, -0.25) is 9.36 Å². The van der Waals surface area contributed by atoms with E-state index in [1.54, 1.807) is 18.3 Å². The summed E-state index contributed by atoms with van der Waals surface area (Å²) in [7, 11) is 3.87. The Morgan fingerprint density at radius 2 is 2.04 bits per heavy atom. The molecule has 0 bridgehead atoms. The van der Waals surface area contributed by atoms with Crippen LogP contribution in [0.5, 0.6) is 0 Å². The molecule has 25 heavy (non-hydrogen) atoms. The normalized spacial score (nSPS) is 11.4. The molecular weight excluding hydrogens is 407 g/mol. The average molecular weight is 419 g/mol. The Balaban J connectivity index is 2.03. The zero-order chi connectivity index (χ0) is 17.7. The van der Waals surface area contributed by atoms with Crippen LogP contribution in [0, 0.1) is 5.82 Å². The van der Waals surface area contributed by atoms with Crippen LogP contribution in [0.1, 0.15) is 0 Å². The first-order valence-electron chi connectivity index (χ1n) is 7.39. The maximum Gasteiger partial charge on any atom is 0.275 e. The van der Waals surface area contributed by atoms with Crippen molar-refractivity contribution in [2.24, 2.45) is 0 Å². The molecule has 0 atom stereocenters. The largest absolute Gasteiger partial charge is 0.377 e. The number of aromatic nitrogens is 3. The van der Waals surface area contributed by atoms with E-state index < -0.39 is 5.82 Å². The van der Waals surface area contributed by atoms with E-state index in [0.29, 0.717) is 20.4 Å². The summed E-state index contributed by atoms with van der Waals surface area (Å²) in [6.45, 7) is 0. The molecule has 8 heteroatoms. The molecule has 0 amide bonds. The van der Waals surface area contributed by atoms with Crippen molar-refractivity contribution >= 4 is 53.4 Å². The Kier molecular flexibility index (Phi) is 3.81. The van der Waals surface area contributed by atoms with Crippen LogP contribution in [0.15, 0.2) is 46.1 Å². The van der Waals surface area contributed by atoms with Crippen LogP contribution in [-0.4, -0.2) is 28.6 Å². The third-order valence-corrected chi connectivity index (χ3v) is 5.64. The van der Waals surface area contributed by atoms with Gasteiger partial charge in [-0.2, -0.15) is 0 Å². The highest BCUT2D eigenvalue weighted by molar-refractivity contribution is 9.10. The summed E-state index contributed by atoms with van der Waals surface area (Å²) < 4.78 is 16.0. The molecule has 0 aliphatic rings. The van der Waals surface area contributed by atoms with Gasteiger partial charge >= 0.3 is 0 Å². The number of hydrogen-bond donors (Lipinski definition) is 0. The maximum absolute atomic E-state index is 13.8. The lowest BCUT2D eigenvalue weighted by Gasteiger charge is -2.13. The van der Waals surface area contributed by atoms with E-state index >= 15 is 0 Å². The summed E-state index contributed by atoms with van der Waals surface area (Å²) in [5.41, 5.74) is 1.77. The van der Waals surface area contributed by atoms with Crippen molar-refractivity contribution in [1.29, 1.82) is 0 Å². The van der Waals surface area contributed by atoms with E-state index in [0.717, 1.165) is 15.9 Å². The molecule has 1 aromatic carbocycles. The highest BCUT2D eigenvalue weighted by Gasteiger charge is 2.17. The van der Waals surface area contributed by atoms with Crippen molar-refractivity contribution in [3.8, 4) is 5.69 Å². The van der Waals surface area contributed by atoms with Crippen LogP contribution >= 0.6 is 27.3 Å². The highest BCUT2D eigenvalue weighted by Crippen LogP contribution is 2.35. The van der Waals surface area contributed by atoms with E-state index in [-0.39, 0.29) is 5.56 Å². The molecule has 0 saturated heterocycles. The van der Waals surface area contributed by atoms with Crippen molar-refractivity contribution in [1.82, 2.24) is 14.5 Å². The van der Waals surface area contributed by atoms with Crippen LogP contribution in [-0.2, 0) is 0 Å². The van der Waals surface area contributed by atoms with Crippen LogP contribution in [0.4, 0.5) is 10.1 Å². The second-order valence-electron chi connectivity index (χ2n) is 5.70. The molecule has 0 unspecified atom stereocenters. The SMILES string of the molecule is CN(C)c1ccnc2sc3c(=O)n(-c4ccc(Br)c(F)c4)cnc3c12. The molecule has 3 aromatic heterocycles. The number of pyridine rings is 1. The minimum absolute atomic E-state index is 0.237. The van der Waals surface area contributed by atoms with Crippen molar-refractivity contribution in [2.45, 2.75) is 0 Å². The number of nitrogens with zero attached hydrogens (tertiary/aromatic N) is 4. The number of halogens is 2. The van der Waals surface area contributed by atoms with Gasteiger partial charge in [-0.05, 0) is 40.2 Å². The Hall–Kier alpha value is -2.32. The molecule has 0 N–H and O–H groups in total. The fourth-order valence-electron chi connectivity index (χ4n) is 2.73. The topological polar surface area (TPSA) is 51.0 Å². The fraction of sp³-hybridized carbons (Fsp3) is 0.118. The van der Waals surface area contributed by atoms with Gasteiger partial charge in [-0.25, -0.2) is 14.4 Å². The number of benzene rings is 1. The van der Waals surface area contributed by atoms with Crippen molar-refractivity contribution < 1.29 is 4.39 Å². The molecule has 0 radical (unpaired) electrons. The molecule has 4 rings (SSSR count). The molecule has 0 saturated carbocycles. The summed E-state index contributed by atoms with van der Waals surface area (Å²) in [6.07, 6.45) is 3.15. The molecule has 0 aliphatic carbocycles. The number of hydrogen-bond acceptors (Lipinski definition) is 5. The molecular formula is C17H12BrFN4OS. The first-order valence-corrected chi connectivity index (χ1v) is 9.00. The van der Waals surface area contributed by atoms with E-state index in [9.17, 15) is 9.18 Å². The van der Waals surface area contributed by atoms with Gasteiger partial charge in [0.1, 0.15) is 21.7 Å². The van der Waals surface area contributed by atoms with Crippen LogP contribution < -0.4 is 10.5 Å². The highest BCUT2D eigenvalue weighted by atomic mass is 79.9. The third-order valence-electron chi connectivity index (χ3n) is 3.92. The lowest BCUT2D eigenvalue weighted by Crippen LogP contribution is -2.18. The van der Waals surface area contributed by atoms with Gasteiger partial charge in [0.15, 0.2) is 0 Å². The van der Waals surface area contributed by atoms with E-state index in [1.807, 2.05) is 25.1 Å². The van der Waals surface area contributed by atoms with Crippen LogP contribution in [0.25, 0.3) is 26.1 Å². The molecule has 3 heterocycles. The standard InChI is InChI=1S/C17H12BrFN4OS/c1-22(2)12-5-6-20-16-13(12)14-15(25-16)17(24)23(8-21-14)9-3-4-10(18)11(19)7-9/h3-8H,1-2H3. The van der Waals surface area contributed by atoms with Crippen molar-refractivity contribution in [2.75, 3.05) is 19.0 Å². The average Bonchev–Trinajstić information content (AvgIpc) is 2.97. The van der Waals surface area contributed by atoms with Gasteiger partial charge in [-0.15, -0.1) is 11.3 Å². The second-order valence-corrected chi connectivity index (χ2v) is 7.56. The number of anilines is 1. The third kappa shape index (κ3) is 2.52. The summed E-state index contributed by atoms with van der Waals surface area (Å²) in [5.74, 6) is -0.433. The molecule has 126 valence electrons. The van der Waals surface area contributed by atoms with Gasteiger partial charge in [0.2, 0.25) is 0 Å². The quantitative estimate of drug-likeness (QED) is 0.494. The molecule has 0 aliphatic heterocycles. The Morgan fingerprint density at radius 3 is 2.76 bits per heavy atom. The van der Waals surface area contributed by atoms with Crippen molar-refractivity contribution in [3.05, 3.63) is 57.4 Å². The van der Waals surface area contributed by atoms with Crippen molar-refractivity contribution in [3.63, 3.8) is 0 Å². The smallest absolute Gasteiger partial charge is 0.275 e. The monoisotopic (exact) mass is 418 g/mol. The lowest BCUT2D eigenvalue weighted by atomic mass is 10.2. The predicted octanol–water partition coefficient (Wildman–Crippen LogP) is 3.96. The molecule has 4 aromatic rings. The minimum Gasteiger partial charge on any atom is -0.377 e.